The van der Waals surface area contributed by atoms with Gasteiger partial charge in [-0.3, -0.25) is 14.4 Å². The lowest BCUT2D eigenvalue weighted by molar-refractivity contribution is -0.0912. The molecule has 0 bridgehead atoms. The second-order valence-electron chi connectivity index (χ2n) is 11.6. The minimum Gasteiger partial charge on any atom is -0.431 e. The standard InChI is InChI=1S/C32H30ClN7O6S/c1-18(45-32(43)46-22-5-3-2-4-6-22)44-31(42)28-12-20(16-47-28)19-11-25(34-15-19)27-9-10-29-36-24(14-30(41)40(27)29)23-13-21(33)7-8-26(23)39-17-35-37-38-39/h7-8,12-18,22,27H,2-6,9-11H2,1H3/t18?,27-/m0/s1. The van der Waals surface area contributed by atoms with Crippen molar-refractivity contribution in [3.63, 3.8) is 0 Å². The quantitative estimate of drug-likeness (QED) is 0.161. The van der Waals surface area contributed by atoms with Crippen LogP contribution < -0.4 is 5.56 Å². The van der Waals surface area contributed by atoms with Gasteiger partial charge in [0.15, 0.2) is 0 Å². The fourth-order valence-corrected chi connectivity index (χ4v) is 7.22. The summed E-state index contributed by atoms with van der Waals surface area (Å²) >= 11 is 7.54. The first kappa shape index (κ1) is 30.9. The first-order valence-electron chi connectivity index (χ1n) is 15.4. The summed E-state index contributed by atoms with van der Waals surface area (Å²) in [5, 5.41) is 13.8. The molecule has 2 atom stereocenters. The van der Waals surface area contributed by atoms with Crippen molar-refractivity contribution in [1.29, 1.82) is 0 Å². The van der Waals surface area contributed by atoms with Crippen LogP contribution in [0.25, 0.3) is 22.5 Å². The Balaban J connectivity index is 0.992. The lowest BCUT2D eigenvalue weighted by atomic mass is 9.98. The van der Waals surface area contributed by atoms with Crippen LogP contribution in [-0.2, 0) is 20.6 Å². The molecular formula is C32H30ClN7O6S. The van der Waals surface area contributed by atoms with Crippen LogP contribution in [0.1, 0.15) is 79.0 Å². The number of rotatable bonds is 8. The molecule has 5 heterocycles. The average Bonchev–Trinajstić information content (AvgIpc) is 3.88. The molecule has 1 aromatic carbocycles. The number of benzene rings is 1. The zero-order valence-electron chi connectivity index (χ0n) is 25.4. The Bertz CT molecular complexity index is 1950. The minimum atomic E-state index is -1.09. The van der Waals surface area contributed by atoms with Crippen molar-refractivity contribution < 1.29 is 23.8 Å². The van der Waals surface area contributed by atoms with E-state index in [0.717, 1.165) is 49.0 Å². The molecule has 15 heteroatoms. The highest BCUT2D eigenvalue weighted by Crippen LogP contribution is 2.36. The van der Waals surface area contributed by atoms with Crippen molar-refractivity contribution in [1.82, 2.24) is 29.8 Å². The van der Waals surface area contributed by atoms with Gasteiger partial charge in [-0.1, -0.05) is 18.0 Å². The largest absolute Gasteiger partial charge is 0.511 e. The summed E-state index contributed by atoms with van der Waals surface area (Å²) in [5.74, 6) is 0.0656. The van der Waals surface area contributed by atoms with E-state index >= 15 is 0 Å². The molecule has 0 amide bonds. The number of aryl methyl sites for hydroxylation is 1. The summed E-state index contributed by atoms with van der Waals surface area (Å²) in [6.07, 6.45) is 7.79. The fraction of sp³-hybridized carbons (Fsp3) is 0.375. The zero-order valence-corrected chi connectivity index (χ0v) is 26.9. The maximum atomic E-state index is 13.5. The molecule has 3 aromatic heterocycles. The molecule has 1 saturated carbocycles. The molecule has 47 heavy (non-hydrogen) atoms. The number of esters is 1. The summed E-state index contributed by atoms with van der Waals surface area (Å²) < 4.78 is 19.0. The normalized spacial score (nSPS) is 18.3. The molecule has 4 aromatic rings. The van der Waals surface area contributed by atoms with E-state index in [2.05, 4.69) is 20.5 Å². The highest BCUT2D eigenvalue weighted by atomic mass is 35.5. The predicted octanol–water partition coefficient (Wildman–Crippen LogP) is 5.96. The van der Waals surface area contributed by atoms with E-state index in [1.165, 1.54) is 35.3 Å². The third-order valence-corrected chi connectivity index (χ3v) is 9.62. The molecule has 13 nitrogen and oxygen atoms in total. The van der Waals surface area contributed by atoms with E-state index in [4.69, 9.17) is 30.8 Å². The molecule has 0 spiro atoms. The number of hydrogen-bond acceptors (Lipinski definition) is 12. The van der Waals surface area contributed by atoms with E-state index in [-0.39, 0.29) is 17.7 Å². The van der Waals surface area contributed by atoms with E-state index in [1.807, 2.05) is 5.38 Å². The van der Waals surface area contributed by atoms with Gasteiger partial charge in [-0.05, 0) is 83.3 Å². The molecule has 0 radical (unpaired) electrons. The minimum absolute atomic E-state index is 0.151. The van der Waals surface area contributed by atoms with Crippen LogP contribution >= 0.6 is 22.9 Å². The number of thiophene rings is 1. The Morgan fingerprint density at radius 1 is 1.09 bits per heavy atom. The maximum Gasteiger partial charge on any atom is 0.511 e. The van der Waals surface area contributed by atoms with Crippen LogP contribution in [-0.4, -0.2) is 60.0 Å². The van der Waals surface area contributed by atoms with Crippen LogP contribution in [0.15, 0.2) is 58.0 Å². The van der Waals surface area contributed by atoms with Gasteiger partial charge >= 0.3 is 12.1 Å². The van der Waals surface area contributed by atoms with E-state index in [0.29, 0.717) is 51.9 Å². The van der Waals surface area contributed by atoms with Gasteiger partial charge in [0.2, 0.25) is 6.29 Å². The topological polar surface area (TPSA) is 153 Å². The van der Waals surface area contributed by atoms with Crippen molar-refractivity contribution in [3.8, 4) is 16.9 Å². The number of hydrogen-bond donors (Lipinski definition) is 0. The van der Waals surface area contributed by atoms with Crippen LogP contribution in [0.5, 0.6) is 0 Å². The molecule has 0 N–H and O–H groups in total. The van der Waals surface area contributed by atoms with Crippen molar-refractivity contribution >= 4 is 46.3 Å². The number of aromatic nitrogens is 6. The van der Waals surface area contributed by atoms with Crippen LogP contribution in [0.2, 0.25) is 5.02 Å². The molecular weight excluding hydrogens is 646 g/mol. The Kier molecular flexibility index (Phi) is 8.69. The number of carbonyl (C=O) groups excluding carboxylic acids is 2. The SMILES string of the molecule is CC(OC(=O)OC1CCCCC1)OC(=O)c1cc(C2=CN=C([C@@H]3CCc4nc(-c5cc(Cl)ccc5-n5cnnn5)cc(=O)n43)C2)cs1. The number of aliphatic imine (C=N–C) groups is 1. The highest BCUT2D eigenvalue weighted by Gasteiger charge is 2.32. The summed E-state index contributed by atoms with van der Waals surface area (Å²) in [6.45, 7) is 1.48. The van der Waals surface area contributed by atoms with Gasteiger partial charge in [0.25, 0.3) is 5.56 Å². The number of tetrazole rings is 1. The van der Waals surface area contributed by atoms with E-state index in [9.17, 15) is 14.4 Å². The lowest BCUT2D eigenvalue weighted by Gasteiger charge is -2.22. The van der Waals surface area contributed by atoms with Gasteiger partial charge in [-0.15, -0.1) is 16.4 Å². The maximum absolute atomic E-state index is 13.5. The van der Waals surface area contributed by atoms with Gasteiger partial charge in [0.05, 0.1) is 17.4 Å². The molecule has 2 aliphatic heterocycles. The average molecular weight is 676 g/mol. The zero-order chi connectivity index (χ0) is 32.5. The van der Waals surface area contributed by atoms with Gasteiger partial charge < -0.3 is 14.2 Å². The summed E-state index contributed by atoms with van der Waals surface area (Å²) in [5.41, 5.74) is 4.20. The van der Waals surface area contributed by atoms with E-state index < -0.39 is 18.4 Å². The number of fused-ring (bicyclic) bond motifs is 1. The van der Waals surface area contributed by atoms with Crippen LogP contribution in [0.3, 0.4) is 0 Å². The Labute approximate surface area is 277 Å². The third-order valence-electron chi connectivity index (χ3n) is 8.47. The van der Waals surface area contributed by atoms with Gasteiger partial charge in [-0.2, -0.15) is 4.68 Å². The van der Waals surface area contributed by atoms with Gasteiger partial charge in [0.1, 0.15) is 23.1 Å². The first-order valence-corrected chi connectivity index (χ1v) is 16.7. The van der Waals surface area contributed by atoms with Crippen molar-refractivity contribution in [3.05, 3.63) is 79.9 Å². The number of halogens is 1. The molecule has 1 fully saturated rings. The Morgan fingerprint density at radius 2 is 1.94 bits per heavy atom. The molecule has 3 aliphatic rings. The lowest BCUT2D eigenvalue weighted by Crippen LogP contribution is -2.28. The number of allylic oxidation sites excluding steroid dienone is 1. The molecule has 1 unspecified atom stereocenters. The van der Waals surface area contributed by atoms with Crippen molar-refractivity contribution in [2.45, 2.75) is 76.7 Å². The number of nitrogens with zero attached hydrogens (tertiary/aromatic N) is 7. The smallest absolute Gasteiger partial charge is 0.431 e. The molecule has 0 saturated heterocycles. The number of ether oxygens (including phenoxy) is 3. The second-order valence-corrected chi connectivity index (χ2v) is 13.0. The highest BCUT2D eigenvalue weighted by molar-refractivity contribution is 7.12. The van der Waals surface area contributed by atoms with Gasteiger partial charge in [0, 0.05) is 48.3 Å². The third kappa shape index (κ3) is 6.60. The van der Waals surface area contributed by atoms with Crippen LogP contribution in [0, 0.1) is 0 Å². The summed E-state index contributed by atoms with van der Waals surface area (Å²) in [7, 11) is 0. The molecule has 7 rings (SSSR count). The van der Waals surface area contributed by atoms with Crippen LogP contribution in [0.4, 0.5) is 4.79 Å². The molecule has 242 valence electrons. The monoisotopic (exact) mass is 675 g/mol. The molecule has 1 aliphatic carbocycles. The van der Waals surface area contributed by atoms with E-state index in [1.54, 1.807) is 35.0 Å². The summed E-state index contributed by atoms with van der Waals surface area (Å²) in [4.78, 5) is 48.3. The Morgan fingerprint density at radius 3 is 2.74 bits per heavy atom. The van der Waals surface area contributed by atoms with Gasteiger partial charge in [-0.25, -0.2) is 14.6 Å². The first-order chi connectivity index (χ1) is 22.8. The van der Waals surface area contributed by atoms with Crippen molar-refractivity contribution in [2.75, 3.05) is 0 Å². The number of carbonyl (C=O) groups is 2. The fourth-order valence-electron chi connectivity index (χ4n) is 6.24. The predicted molar refractivity (Wildman–Crippen MR) is 173 cm³/mol. The Hall–Kier alpha value is -4.69. The second kappa shape index (κ2) is 13.2. The van der Waals surface area contributed by atoms with Crippen molar-refractivity contribution in [2.24, 2.45) is 4.99 Å². The summed E-state index contributed by atoms with van der Waals surface area (Å²) in [6, 6.07) is 8.25.